The summed E-state index contributed by atoms with van der Waals surface area (Å²) in [6.45, 7) is -0.195. The lowest BCUT2D eigenvalue weighted by Gasteiger charge is -2.17. The van der Waals surface area contributed by atoms with Crippen LogP contribution < -0.4 is 5.32 Å². The third-order valence-corrected chi connectivity index (χ3v) is 4.00. The fourth-order valence-electron chi connectivity index (χ4n) is 2.45. The molecule has 1 aromatic heterocycles. The SMILES string of the molecule is Cn1cnc2cc(C(=O)NC(CO)c3ccc(Cl)cc3)ccc21. The maximum absolute atomic E-state index is 12.4. The van der Waals surface area contributed by atoms with E-state index in [9.17, 15) is 9.90 Å². The van der Waals surface area contributed by atoms with Gasteiger partial charge in [0.05, 0.1) is 30.0 Å². The summed E-state index contributed by atoms with van der Waals surface area (Å²) in [5.41, 5.74) is 3.01. The van der Waals surface area contributed by atoms with Crippen LogP contribution in [0.15, 0.2) is 48.8 Å². The molecule has 118 valence electrons. The van der Waals surface area contributed by atoms with Gasteiger partial charge in [-0.2, -0.15) is 0 Å². The molecule has 0 aliphatic rings. The van der Waals surface area contributed by atoms with Gasteiger partial charge < -0.3 is 15.0 Å². The lowest BCUT2D eigenvalue weighted by atomic mass is 10.1. The summed E-state index contributed by atoms with van der Waals surface area (Å²) >= 11 is 5.86. The molecule has 0 radical (unpaired) electrons. The summed E-state index contributed by atoms with van der Waals surface area (Å²) in [5.74, 6) is -0.258. The molecule has 3 rings (SSSR count). The number of aliphatic hydroxyl groups is 1. The zero-order valence-electron chi connectivity index (χ0n) is 12.5. The van der Waals surface area contributed by atoms with Crippen LogP contribution in [0.25, 0.3) is 11.0 Å². The van der Waals surface area contributed by atoms with Gasteiger partial charge in [0.25, 0.3) is 5.91 Å². The van der Waals surface area contributed by atoms with Crippen molar-refractivity contribution >= 4 is 28.5 Å². The lowest BCUT2D eigenvalue weighted by Crippen LogP contribution is -2.30. The smallest absolute Gasteiger partial charge is 0.251 e. The first-order valence-corrected chi connectivity index (χ1v) is 7.54. The summed E-state index contributed by atoms with van der Waals surface area (Å²) in [6.07, 6.45) is 1.70. The third kappa shape index (κ3) is 3.21. The van der Waals surface area contributed by atoms with Crippen LogP contribution in [0.2, 0.25) is 5.02 Å². The molecular weight excluding hydrogens is 314 g/mol. The maximum Gasteiger partial charge on any atom is 0.251 e. The molecule has 2 N–H and O–H groups in total. The normalized spacial score (nSPS) is 12.3. The van der Waals surface area contributed by atoms with Crippen molar-refractivity contribution in [2.45, 2.75) is 6.04 Å². The van der Waals surface area contributed by atoms with E-state index in [0.29, 0.717) is 10.6 Å². The van der Waals surface area contributed by atoms with Gasteiger partial charge in [-0.3, -0.25) is 4.79 Å². The number of amides is 1. The van der Waals surface area contributed by atoms with E-state index >= 15 is 0 Å². The number of halogens is 1. The molecule has 23 heavy (non-hydrogen) atoms. The highest BCUT2D eigenvalue weighted by molar-refractivity contribution is 6.30. The zero-order valence-corrected chi connectivity index (χ0v) is 13.3. The largest absolute Gasteiger partial charge is 0.394 e. The molecule has 1 atom stereocenters. The number of fused-ring (bicyclic) bond motifs is 1. The van der Waals surface area contributed by atoms with Gasteiger partial charge in [-0.1, -0.05) is 23.7 Å². The van der Waals surface area contributed by atoms with E-state index in [1.54, 1.807) is 42.7 Å². The van der Waals surface area contributed by atoms with Gasteiger partial charge in [-0.05, 0) is 35.9 Å². The summed E-state index contributed by atoms with van der Waals surface area (Å²) < 4.78 is 1.89. The standard InChI is InChI=1S/C17H16ClN3O2/c1-21-10-19-14-8-12(4-7-16(14)21)17(23)20-15(9-22)11-2-5-13(18)6-3-11/h2-8,10,15,22H,9H2,1H3,(H,20,23). The van der Waals surface area contributed by atoms with Gasteiger partial charge in [0.2, 0.25) is 0 Å². The van der Waals surface area contributed by atoms with Crippen LogP contribution in [0.1, 0.15) is 22.0 Å². The third-order valence-electron chi connectivity index (χ3n) is 3.75. The molecule has 0 aliphatic heterocycles. The first-order valence-electron chi connectivity index (χ1n) is 7.17. The van der Waals surface area contributed by atoms with Crippen LogP contribution in [0.3, 0.4) is 0 Å². The average molecular weight is 330 g/mol. The number of carbonyl (C=O) groups is 1. The molecule has 3 aromatic rings. The Labute approximate surface area is 138 Å². The molecular formula is C17H16ClN3O2. The Morgan fingerprint density at radius 3 is 2.74 bits per heavy atom. The Morgan fingerprint density at radius 2 is 2.04 bits per heavy atom. The Kier molecular flexibility index (Phi) is 4.32. The van der Waals surface area contributed by atoms with E-state index in [2.05, 4.69) is 10.3 Å². The first-order chi connectivity index (χ1) is 11.1. The number of hydrogen-bond donors (Lipinski definition) is 2. The van der Waals surface area contributed by atoms with Crippen LogP contribution in [0, 0.1) is 0 Å². The van der Waals surface area contributed by atoms with E-state index in [0.717, 1.165) is 16.6 Å². The van der Waals surface area contributed by atoms with Gasteiger partial charge >= 0.3 is 0 Å². The van der Waals surface area contributed by atoms with E-state index < -0.39 is 6.04 Å². The predicted octanol–water partition coefficient (Wildman–Crippen LogP) is 2.69. The minimum absolute atomic E-state index is 0.195. The maximum atomic E-state index is 12.4. The van der Waals surface area contributed by atoms with Crippen LogP contribution in [-0.4, -0.2) is 27.2 Å². The summed E-state index contributed by atoms with van der Waals surface area (Å²) in [4.78, 5) is 16.7. The fraction of sp³-hybridized carbons (Fsp3) is 0.176. The second kappa shape index (κ2) is 6.40. The quantitative estimate of drug-likeness (QED) is 0.773. The minimum Gasteiger partial charge on any atom is -0.394 e. The Bertz CT molecular complexity index is 843. The number of rotatable bonds is 4. The van der Waals surface area contributed by atoms with Crippen LogP contribution in [-0.2, 0) is 7.05 Å². The fourth-order valence-corrected chi connectivity index (χ4v) is 2.57. The number of benzene rings is 2. The summed E-state index contributed by atoms with van der Waals surface area (Å²) in [7, 11) is 1.90. The summed E-state index contributed by atoms with van der Waals surface area (Å²) in [5, 5.41) is 13.0. The topological polar surface area (TPSA) is 67.2 Å². The molecule has 1 heterocycles. The van der Waals surface area contributed by atoms with E-state index in [1.165, 1.54) is 0 Å². The Morgan fingerprint density at radius 1 is 1.30 bits per heavy atom. The van der Waals surface area contributed by atoms with E-state index in [4.69, 9.17) is 11.6 Å². The molecule has 2 aromatic carbocycles. The van der Waals surface area contributed by atoms with Crippen molar-refractivity contribution in [3.8, 4) is 0 Å². The highest BCUT2D eigenvalue weighted by Crippen LogP contribution is 2.18. The van der Waals surface area contributed by atoms with Gasteiger partial charge in [0.15, 0.2) is 0 Å². The molecule has 1 unspecified atom stereocenters. The number of aliphatic hydroxyl groups excluding tert-OH is 1. The minimum atomic E-state index is -0.487. The molecule has 0 bridgehead atoms. The highest BCUT2D eigenvalue weighted by Gasteiger charge is 2.15. The van der Waals surface area contributed by atoms with Crippen LogP contribution in [0.5, 0.6) is 0 Å². The van der Waals surface area contributed by atoms with Crippen molar-refractivity contribution < 1.29 is 9.90 Å². The molecule has 1 amide bonds. The number of nitrogens with zero attached hydrogens (tertiary/aromatic N) is 2. The molecule has 0 saturated heterocycles. The van der Waals surface area contributed by atoms with Gasteiger partial charge in [0, 0.05) is 17.6 Å². The lowest BCUT2D eigenvalue weighted by molar-refractivity contribution is 0.0916. The molecule has 0 fully saturated rings. The van der Waals surface area contributed by atoms with Gasteiger partial charge in [-0.15, -0.1) is 0 Å². The van der Waals surface area contributed by atoms with Crippen molar-refractivity contribution in [1.82, 2.24) is 14.9 Å². The number of imidazole rings is 1. The monoisotopic (exact) mass is 329 g/mol. The van der Waals surface area contributed by atoms with Crippen molar-refractivity contribution in [2.75, 3.05) is 6.61 Å². The molecule has 6 heteroatoms. The second-order valence-corrected chi connectivity index (χ2v) is 5.76. The number of hydrogen-bond acceptors (Lipinski definition) is 3. The predicted molar refractivity (Wildman–Crippen MR) is 89.5 cm³/mol. The second-order valence-electron chi connectivity index (χ2n) is 5.32. The average Bonchev–Trinajstić information content (AvgIpc) is 2.94. The van der Waals surface area contributed by atoms with Gasteiger partial charge in [0.1, 0.15) is 0 Å². The van der Waals surface area contributed by atoms with Crippen molar-refractivity contribution in [2.24, 2.45) is 7.05 Å². The van der Waals surface area contributed by atoms with Crippen LogP contribution >= 0.6 is 11.6 Å². The van der Waals surface area contributed by atoms with Crippen LogP contribution in [0.4, 0.5) is 0 Å². The zero-order chi connectivity index (χ0) is 16.4. The van der Waals surface area contributed by atoms with Crippen molar-refractivity contribution in [1.29, 1.82) is 0 Å². The molecule has 0 saturated carbocycles. The van der Waals surface area contributed by atoms with Crippen molar-refractivity contribution in [3.63, 3.8) is 0 Å². The Hall–Kier alpha value is -2.37. The summed E-state index contributed by atoms with van der Waals surface area (Å²) in [6, 6.07) is 11.9. The first kappa shape index (κ1) is 15.5. The Balaban J connectivity index is 1.81. The number of nitrogens with one attached hydrogen (secondary N) is 1. The molecule has 0 spiro atoms. The number of carbonyl (C=O) groups excluding carboxylic acids is 1. The van der Waals surface area contributed by atoms with Gasteiger partial charge in [-0.25, -0.2) is 4.98 Å². The number of aromatic nitrogens is 2. The highest BCUT2D eigenvalue weighted by atomic mass is 35.5. The van der Waals surface area contributed by atoms with E-state index in [1.807, 2.05) is 17.7 Å². The molecule has 0 aliphatic carbocycles. The van der Waals surface area contributed by atoms with E-state index in [-0.39, 0.29) is 12.5 Å². The molecule has 5 nitrogen and oxygen atoms in total. The number of aryl methyl sites for hydroxylation is 1. The van der Waals surface area contributed by atoms with Crippen molar-refractivity contribution in [3.05, 3.63) is 64.9 Å².